The zero-order valence-electron chi connectivity index (χ0n) is 12.3. The topological polar surface area (TPSA) is 25.4 Å². The summed E-state index contributed by atoms with van der Waals surface area (Å²) in [6, 6.07) is 4.92. The van der Waals surface area contributed by atoms with E-state index in [0.29, 0.717) is 12.0 Å². The molecule has 106 valence electrons. The van der Waals surface area contributed by atoms with Crippen LogP contribution in [0, 0.1) is 0 Å². The molecule has 2 heterocycles. The Kier molecular flexibility index (Phi) is 5.25. The van der Waals surface area contributed by atoms with Crippen molar-refractivity contribution in [3.05, 3.63) is 23.4 Å². The van der Waals surface area contributed by atoms with E-state index in [9.17, 15) is 0 Å². The third kappa shape index (κ3) is 3.71. The van der Waals surface area contributed by atoms with Gasteiger partial charge in [-0.3, -0.25) is 4.90 Å². The van der Waals surface area contributed by atoms with Crippen LogP contribution in [0.15, 0.2) is 17.2 Å². The monoisotopic (exact) mass is 280 g/mol. The molecule has 1 aromatic heterocycles. The van der Waals surface area contributed by atoms with Crippen LogP contribution in [0.3, 0.4) is 0 Å². The quantitative estimate of drug-likeness (QED) is 0.774. The van der Waals surface area contributed by atoms with E-state index in [1.807, 2.05) is 0 Å². The van der Waals surface area contributed by atoms with Gasteiger partial charge >= 0.3 is 0 Å². The van der Waals surface area contributed by atoms with Gasteiger partial charge in [0, 0.05) is 25.1 Å². The van der Waals surface area contributed by atoms with E-state index >= 15 is 0 Å². The smallest absolute Gasteiger partial charge is 0.0961 e. The zero-order valence-corrected chi connectivity index (χ0v) is 13.2. The van der Waals surface area contributed by atoms with Gasteiger partial charge in [0.05, 0.1) is 17.3 Å². The summed E-state index contributed by atoms with van der Waals surface area (Å²) in [4.78, 5) is 7.16. The van der Waals surface area contributed by atoms with Crippen molar-refractivity contribution >= 4 is 11.8 Å². The Morgan fingerprint density at radius 2 is 2.26 bits per heavy atom. The summed E-state index contributed by atoms with van der Waals surface area (Å²) in [5, 5.41) is 1.11. The van der Waals surface area contributed by atoms with E-state index in [-0.39, 0.29) is 0 Å². The Bertz CT molecular complexity index is 417. The van der Waals surface area contributed by atoms with Crippen LogP contribution in [-0.2, 0) is 11.3 Å². The second-order valence-corrected chi connectivity index (χ2v) is 6.29. The largest absolute Gasteiger partial charge is 0.381 e. The molecular formula is C15H24N2OS. The molecule has 3 nitrogen and oxygen atoms in total. The predicted molar refractivity (Wildman–Crippen MR) is 80.8 cm³/mol. The molecule has 0 spiro atoms. The highest BCUT2D eigenvalue weighted by molar-refractivity contribution is 7.98. The molecule has 0 amide bonds. The first-order valence-corrected chi connectivity index (χ1v) is 8.16. The van der Waals surface area contributed by atoms with E-state index in [1.165, 1.54) is 11.3 Å². The van der Waals surface area contributed by atoms with Gasteiger partial charge in [-0.2, -0.15) is 0 Å². The van der Waals surface area contributed by atoms with Gasteiger partial charge in [-0.1, -0.05) is 6.07 Å². The summed E-state index contributed by atoms with van der Waals surface area (Å²) < 4.78 is 5.53. The average molecular weight is 280 g/mol. The first-order chi connectivity index (χ1) is 9.11. The van der Waals surface area contributed by atoms with Gasteiger partial charge in [0.1, 0.15) is 0 Å². The minimum Gasteiger partial charge on any atom is -0.381 e. The van der Waals surface area contributed by atoms with Crippen molar-refractivity contribution in [3.63, 3.8) is 0 Å². The Morgan fingerprint density at radius 3 is 2.84 bits per heavy atom. The number of hydrogen-bond acceptors (Lipinski definition) is 4. The van der Waals surface area contributed by atoms with Crippen LogP contribution in [0.2, 0.25) is 0 Å². The van der Waals surface area contributed by atoms with E-state index in [4.69, 9.17) is 9.72 Å². The number of nitrogens with zero attached hydrogens (tertiary/aromatic N) is 2. The van der Waals surface area contributed by atoms with Gasteiger partial charge in [0.15, 0.2) is 0 Å². The molecule has 2 rings (SSSR count). The van der Waals surface area contributed by atoms with Crippen LogP contribution < -0.4 is 0 Å². The molecule has 1 unspecified atom stereocenters. The molecule has 0 radical (unpaired) electrons. The summed E-state index contributed by atoms with van der Waals surface area (Å²) in [6.45, 7) is 7.08. The first kappa shape index (κ1) is 14.8. The maximum Gasteiger partial charge on any atom is 0.0961 e. The maximum absolute atomic E-state index is 5.53. The second-order valence-electron chi connectivity index (χ2n) is 5.46. The predicted octanol–water partition coefficient (Wildman–Crippen LogP) is 3.15. The van der Waals surface area contributed by atoms with Crippen LogP contribution in [0.25, 0.3) is 0 Å². The Labute approximate surface area is 120 Å². The third-order valence-electron chi connectivity index (χ3n) is 3.84. The SMILES string of the molecule is CSc1ccc(C2CCOC2)c(CN(C)C(C)C)n1. The molecule has 0 aromatic carbocycles. The lowest BCUT2D eigenvalue weighted by atomic mass is 9.96. The summed E-state index contributed by atoms with van der Waals surface area (Å²) in [6.07, 6.45) is 3.20. The number of hydrogen-bond donors (Lipinski definition) is 0. The Hall–Kier alpha value is -0.580. The van der Waals surface area contributed by atoms with Gasteiger partial charge in [0.2, 0.25) is 0 Å². The Balaban J connectivity index is 2.25. The van der Waals surface area contributed by atoms with Crippen LogP contribution in [-0.4, -0.2) is 42.4 Å². The maximum atomic E-state index is 5.53. The van der Waals surface area contributed by atoms with Crippen molar-refractivity contribution in [1.82, 2.24) is 9.88 Å². The summed E-state index contributed by atoms with van der Waals surface area (Å²) in [5.41, 5.74) is 2.60. The minimum atomic E-state index is 0.527. The van der Waals surface area contributed by atoms with Gasteiger partial charge in [-0.05, 0) is 45.2 Å². The molecule has 19 heavy (non-hydrogen) atoms. The number of ether oxygens (including phenoxy) is 1. The van der Waals surface area contributed by atoms with Crippen LogP contribution in [0.5, 0.6) is 0 Å². The molecule has 1 atom stereocenters. The van der Waals surface area contributed by atoms with Gasteiger partial charge in [0.25, 0.3) is 0 Å². The van der Waals surface area contributed by atoms with E-state index in [0.717, 1.165) is 31.2 Å². The fraction of sp³-hybridized carbons (Fsp3) is 0.667. The van der Waals surface area contributed by atoms with Crippen molar-refractivity contribution in [2.24, 2.45) is 0 Å². The van der Waals surface area contributed by atoms with E-state index in [2.05, 4.69) is 44.2 Å². The molecule has 1 saturated heterocycles. The highest BCUT2D eigenvalue weighted by Crippen LogP contribution is 2.29. The van der Waals surface area contributed by atoms with Crippen molar-refractivity contribution in [1.29, 1.82) is 0 Å². The lowest BCUT2D eigenvalue weighted by Gasteiger charge is -2.23. The van der Waals surface area contributed by atoms with Gasteiger partial charge in [-0.25, -0.2) is 4.98 Å². The summed E-state index contributed by atoms with van der Waals surface area (Å²) >= 11 is 1.71. The lowest BCUT2D eigenvalue weighted by Crippen LogP contribution is -2.27. The normalized spacial score (nSPS) is 19.6. The van der Waals surface area contributed by atoms with Gasteiger partial charge < -0.3 is 4.74 Å². The second kappa shape index (κ2) is 6.73. The molecule has 1 aliphatic rings. The number of rotatable bonds is 5. The highest BCUT2D eigenvalue weighted by Gasteiger charge is 2.22. The fourth-order valence-corrected chi connectivity index (χ4v) is 2.71. The van der Waals surface area contributed by atoms with Gasteiger partial charge in [-0.15, -0.1) is 11.8 Å². The van der Waals surface area contributed by atoms with Crippen LogP contribution >= 0.6 is 11.8 Å². The van der Waals surface area contributed by atoms with E-state index < -0.39 is 0 Å². The molecule has 1 aliphatic heterocycles. The third-order valence-corrected chi connectivity index (χ3v) is 4.49. The summed E-state index contributed by atoms with van der Waals surface area (Å²) in [5.74, 6) is 0.527. The molecule has 0 saturated carbocycles. The van der Waals surface area contributed by atoms with Crippen LogP contribution in [0.4, 0.5) is 0 Å². The first-order valence-electron chi connectivity index (χ1n) is 6.93. The Morgan fingerprint density at radius 1 is 1.47 bits per heavy atom. The van der Waals surface area contributed by atoms with Crippen molar-refractivity contribution < 1.29 is 4.74 Å². The fourth-order valence-electron chi connectivity index (χ4n) is 2.30. The van der Waals surface area contributed by atoms with Crippen molar-refractivity contribution in [2.75, 3.05) is 26.5 Å². The molecule has 0 N–H and O–H groups in total. The molecule has 1 aromatic rings. The van der Waals surface area contributed by atoms with Crippen LogP contribution in [0.1, 0.15) is 37.4 Å². The molecule has 1 fully saturated rings. The highest BCUT2D eigenvalue weighted by atomic mass is 32.2. The average Bonchev–Trinajstić information content (AvgIpc) is 2.92. The lowest BCUT2D eigenvalue weighted by molar-refractivity contribution is 0.193. The molecule has 0 bridgehead atoms. The molecule has 4 heteroatoms. The molecule has 0 aliphatic carbocycles. The van der Waals surface area contributed by atoms with E-state index in [1.54, 1.807) is 11.8 Å². The minimum absolute atomic E-state index is 0.527. The van der Waals surface area contributed by atoms with Crippen molar-refractivity contribution in [2.45, 2.75) is 43.8 Å². The summed E-state index contributed by atoms with van der Waals surface area (Å²) in [7, 11) is 2.16. The number of aromatic nitrogens is 1. The number of pyridine rings is 1. The molecular weight excluding hydrogens is 256 g/mol. The standard InChI is InChI=1S/C15H24N2OS/c1-11(2)17(3)9-14-13(12-7-8-18-10-12)5-6-15(16-14)19-4/h5-6,11-12H,7-10H2,1-4H3. The number of thioether (sulfide) groups is 1. The zero-order chi connectivity index (χ0) is 13.8. The van der Waals surface area contributed by atoms with Crippen molar-refractivity contribution in [3.8, 4) is 0 Å².